The molecule has 4 rings (SSSR count). The molecule has 3 heterocycles. The fourth-order valence-electron chi connectivity index (χ4n) is 2.53. The standard InChI is InChI=1S/C18H13BrClN5O2/c19-12-10-25(9-11-4-1-2-5-13(11)20)24-17(12)21-18(26)15-8-14(22-23-15)16-6-3-7-27-16/h1-8,10H,9H2,(H,22,23)(H,21,24,26). The van der Waals surface area contributed by atoms with E-state index in [0.717, 1.165) is 5.56 Å². The van der Waals surface area contributed by atoms with E-state index in [9.17, 15) is 4.79 Å². The molecule has 9 heteroatoms. The van der Waals surface area contributed by atoms with Gasteiger partial charge >= 0.3 is 0 Å². The molecule has 7 nitrogen and oxygen atoms in total. The number of carbonyl (C=O) groups excluding carboxylic acids is 1. The third-order valence-corrected chi connectivity index (χ3v) is 4.79. The third kappa shape index (κ3) is 3.81. The normalized spacial score (nSPS) is 10.9. The van der Waals surface area contributed by atoms with Gasteiger partial charge in [-0.1, -0.05) is 29.8 Å². The Kier molecular flexibility index (Phi) is 4.83. The van der Waals surface area contributed by atoms with Gasteiger partial charge in [0, 0.05) is 17.3 Å². The van der Waals surface area contributed by atoms with Crippen LogP contribution in [-0.2, 0) is 6.54 Å². The van der Waals surface area contributed by atoms with Crippen molar-refractivity contribution < 1.29 is 9.21 Å². The van der Waals surface area contributed by atoms with Crippen LogP contribution in [0.1, 0.15) is 16.1 Å². The second-order valence-electron chi connectivity index (χ2n) is 5.71. The molecule has 1 aromatic carbocycles. The average molecular weight is 447 g/mol. The Balaban J connectivity index is 1.49. The van der Waals surface area contributed by atoms with Crippen molar-refractivity contribution in [3.8, 4) is 11.5 Å². The van der Waals surface area contributed by atoms with Crippen molar-refractivity contribution in [1.82, 2.24) is 20.0 Å². The fourth-order valence-corrected chi connectivity index (χ4v) is 3.14. The highest BCUT2D eigenvalue weighted by Crippen LogP contribution is 2.24. The van der Waals surface area contributed by atoms with E-state index in [1.54, 1.807) is 35.3 Å². The number of H-pyrrole nitrogens is 1. The van der Waals surface area contributed by atoms with Crippen molar-refractivity contribution >= 4 is 39.3 Å². The fraction of sp³-hybridized carbons (Fsp3) is 0.0556. The predicted molar refractivity (Wildman–Crippen MR) is 105 cm³/mol. The topological polar surface area (TPSA) is 88.7 Å². The average Bonchev–Trinajstić information content (AvgIpc) is 3.38. The molecule has 0 aliphatic rings. The lowest BCUT2D eigenvalue weighted by atomic mass is 10.2. The van der Waals surface area contributed by atoms with Crippen molar-refractivity contribution in [3.05, 3.63) is 75.7 Å². The van der Waals surface area contributed by atoms with Gasteiger partial charge in [-0.15, -0.1) is 0 Å². The monoisotopic (exact) mass is 445 g/mol. The molecule has 4 aromatic rings. The number of halogens is 2. The van der Waals surface area contributed by atoms with Crippen molar-refractivity contribution in [1.29, 1.82) is 0 Å². The summed E-state index contributed by atoms with van der Waals surface area (Å²) in [5.41, 5.74) is 1.78. The van der Waals surface area contributed by atoms with Gasteiger partial charge in [0.15, 0.2) is 17.3 Å². The first kappa shape index (κ1) is 17.6. The van der Waals surface area contributed by atoms with Crippen LogP contribution >= 0.6 is 27.5 Å². The largest absolute Gasteiger partial charge is 0.463 e. The van der Waals surface area contributed by atoms with Crippen LogP contribution < -0.4 is 5.32 Å². The minimum Gasteiger partial charge on any atom is -0.463 e. The molecule has 136 valence electrons. The second-order valence-corrected chi connectivity index (χ2v) is 6.97. The van der Waals surface area contributed by atoms with Crippen molar-refractivity contribution in [2.45, 2.75) is 6.54 Å². The zero-order valence-corrected chi connectivity index (χ0v) is 16.2. The summed E-state index contributed by atoms with van der Waals surface area (Å²) in [4.78, 5) is 12.5. The number of hydrogen-bond donors (Lipinski definition) is 2. The smallest absolute Gasteiger partial charge is 0.277 e. The minimum atomic E-state index is -0.382. The molecule has 0 saturated carbocycles. The number of benzene rings is 1. The first-order valence-electron chi connectivity index (χ1n) is 7.97. The maximum atomic E-state index is 12.5. The predicted octanol–water partition coefficient (Wildman–Crippen LogP) is 4.58. The molecule has 0 radical (unpaired) electrons. The molecule has 2 N–H and O–H groups in total. The number of carbonyl (C=O) groups is 1. The molecule has 0 aliphatic heterocycles. The zero-order chi connectivity index (χ0) is 18.8. The molecule has 0 unspecified atom stereocenters. The highest BCUT2D eigenvalue weighted by molar-refractivity contribution is 9.10. The maximum absolute atomic E-state index is 12.5. The van der Waals surface area contributed by atoms with Gasteiger partial charge < -0.3 is 9.73 Å². The first-order valence-corrected chi connectivity index (χ1v) is 9.14. The van der Waals surface area contributed by atoms with Gasteiger partial charge in [0.25, 0.3) is 5.91 Å². The Morgan fingerprint density at radius 3 is 2.93 bits per heavy atom. The van der Waals surface area contributed by atoms with Crippen LogP contribution in [0.15, 0.2) is 63.8 Å². The van der Waals surface area contributed by atoms with E-state index in [4.69, 9.17) is 16.0 Å². The number of aromatic nitrogens is 4. The molecule has 0 fully saturated rings. The number of aromatic amines is 1. The summed E-state index contributed by atoms with van der Waals surface area (Å²) in [5.74, 6) is 0.620. The molecular formula is C18H13BrClN5O2. The van der Waals surface area contributed by atoms with E-state index in [1.165, 1.54) is 0 Å². The summed E-state index contributed by atoms with van der Waals surface area (Å²) in [5, 5.41) is 14.6. The number of amides is 1. The number of furan rings is 1. The van der Waals surface area contributed by atoms with Crippen LogP contribution in [0, 0.1) is 0 Å². The Bertz CT molecular complexity index is 1090. The van der Waals surface area contributed by atoms with E-state index >= 15 is 0 Å². The molecule has 0 saturated heterocycles. The van der Waals surface area contributed by atoms with Crippen LogP contribution in [0.25, 0.3) is 11.5 Å². The molecule has 0 atom stereocenters. The van der Waals surface area contributed by atoms with Crippen molar-refractivity contribution in [2.24, 2.45) is 0 Å². The number of nitrogens with one attached hydrogen (secondary N) is 2. The number of hydrogen-bond acceptors (Lipinski definition) is 4. The summed E-state index contributed by atoms with van der Waals surface area (Å²) in [6.07, 6.45) is 3.33. The van der Waals surface area contributed by atoms with Gasteiger partial charge in [-0.25, -0.2) is 0 Å². The molecule has 0 bridgehead atoms. The van der Waals surface area contributed by atoms with Gasteiger partial charge in [-0.2, -0.15) is 10.2 Å². The van der Waals surface area contributed by atoms with Crippen molar-refractivity contribution in [2.75, 3.05) is 5.32 Å². The van der Waals surface area contributed by atoms with Crippen LogP contribution in [0.4, 0.5) is 5.82 Å². The number of anilines is 1. The molecule has 1 amide bonds. The Morgan fingerprint density at radius 1 is 1.30 bits per heavy atom. The van der Waals surface area contributed by atoms with Gasteiger partial charge in [0.2, 0.25) is 0 Å². The summed E-state index contributed by atoms with van der Waals surface area (Å²) in [6.45, 7) is 0.485. The maximum Gasteiger partial charge on any atom is 0.277 e. The summed E-state index contributed by atoms with van der Waals surface area (Å²) >= 11 is 9.60. The van der Waals surface area contributed by atoms with E-state index in [1.807, 2.05) is 24.3 Å². The second kappa shape index (κ2) is 7.42. The van der Waals surface area contributed by atoms with Crippen LogP contribution in [0.5, 0.6) is 0 Å². The number of nitrogens with zero attached hydrogens (tertiary/aromatic N) is 3. The van der Waals surface area contributed by atoms with Crippen molar-refractivity contribution in [3.63, 3.8) is 0 Å². The number of rotatable bonds is 5. The van der Waals surface area contributed by atoms with E-state index in [-0.39, 0.29) is 11.6 Å². The Hall–Kier alpha value is -2.84. The Morgan fingerprint density at radius 2 is 2.15 bits per heavy atom. The van der Waals surface area contributed by atoms with Crippen LogP contribution in [0.2, 0.25) is 5.02 Å². The first-order chi connectivity index (χ1) is 13.1. The summed E-state index contributed by atoms with van der Waals surface area (Å²) in [6, 6.07) is 12.7. The van der Waals surface area contributed by atoms with E-state index in [0.29, 0.717) is 33.3 Å². The molecule has 27 heavy (non-hydrogen) atoms. The van der Waals surface area contributed by atoms with Crippen LogP contribution in [0.3, 0.4) is 0 Å². The summed E-state index contributed by atoms with van der Waals surface area (Å²) in [7, 11) is 0. The Labute approximate surface area is 167 Å². The highest BCUT2D eigenvalue weighted by atomic mass is 79.9. The highest BCUT2D eigenvalue weighted by Gasteiger charge is 2.16. The minimum absolute atomic E-state index is 0.231. The summed E-state index contributed by atoms with van der Waals surface area (Å²) < 4.78 is 7.63. The third-order valence-electron chi connectivity index (χ3n) is 3.84. The lowest BCUT2D eigenvalue weighted by molar-refractivity contribution is 0.102. The molecule has 0 aliphatic carbocycles. The SMILES string of the molecule is O=C(Nc1nn(Cc2ccccc2Cl)cc1Br)c1cc(-c2ccco2)[nH]n1. The van der Waals surface area contributed by atoms with Gasteiger partial charge in [0.05, 0.1) is 17.3 Å². The van der Waals surface area contributed by atoms with Crippen LogP contribution in [-0.4, -0.2) is 25.9 Å². The quantitative estimate of drug-likeness (QED) is 0.469. The van der Waals surface area contributed by atoms with Gasteiger partial charge in [0.1, 0.15) is 5.69 Å². The molecular weight excluding hydrogens is 434 g/mol. The van der Waals surface area contributed by atoms with E-state index in [2.05, 4.69) is 36.5 Å². The zero-order valence-electron chi connectivity index (χ0n) is 13.8. The van der Waals surface area contributed by atoms with Gasteiger partial charge in [-0.3, -0.25) is 14.6 Å². The molecule has 3 aromatic heterocycles. The lowest BCUT2D eigenvalue weighted by Gasteiger charge is -2.04. The van der Waals surface area contributed by atoms with Gasteiger partial charge in [-0.05, 0) is 39.7 Å². The van der Waals surface area contributed by atoms with E-state index < -0.39 is 0 Å². The lowest BCUT2D eigenvalue weighted by Crippen LogP contribution is -2.13. The molecule has 0 spiro atoms.